The van der Waals surface area contributed by atoms with Crippen molar-refractivity contribution in [3.05, 3.63) is 47.5 Å². The summed E-state index contributed by atoms with van der Waals surface area (Å²) in [5.74, 6) is 1.71. The van der Waals surface area contributed by atoms with Gasteiger partial charge in [-0.2, -0.15) is 0 Å². The molecule has 0 spiro atoms. The van der Waals surface area contributed by atoms with E-state index in [1.807, 2.05) is 59.8 Å². The van der Waals surface area contributed by atoms with Gasteiger partial charge >= 0.3 is 0 Å². The van der Waals surface area contributed by atoms with Gasteiger partial charge in [0.25, 0.3) is 0 Å². The molecular formula is C20H32O. The van der Waals surface area contributed by atoms with E-state index < -0.39 is 0 Å². The lowest BCUT2D eigenvalue weighted by atomic mass is 10.1. The highest BCUT2D eigenvalue weighted by molar-refractivity contribution is 5.76. The van der Waals surface area contributed by atoms with Crippen LogP contribution >= 0.6 is 0 Å². The van der Waals surface area contributed by atoms with Gasteiger partial charge in [0.15, 0.2) is 0 Å². The zero-order valence-corrected chi connectivity index (χ0v) is 14.9. The van der Waals surface area contributed by atoms with Gasteiger partial charge in [-0.25, -0.2) is 0 Å². The fraction of sp³-hybridized carbons (Fsp3) is 0.400. The van der Waals surface area contributed by atoms with Crippen molar-refractivity contribution in [3.8, 4) is 0 Å². The minimum atomic E-state index is 0.826. The average molecular weight is 288 g/mol. The molecule has 1 nitrogen and oxygen atoms in total. The van der Waals surface area contributed by atoms with Gasteiger partial charge < -0.3 is 4.42 Å². The van der Waals surface area contributed by atoms with Crippen molar-refractivity contribution in [2.75, 3.05) is 0 Å². The number of hydrogen-bond acceptors (Lipinski definition) is 1. The van der Waals surface area contributed by atoms with Crippen LogP contribution in [0.4, 0.5) is 0 Å². The van der Waals surface area contributed by atoms with E-state index in [-0.39, 0.29) is 0 Å². The molecule has 1 heterocycles. The fourth-order valence-corrected chi connectivity index (χ4v) is 1.67. The van der Waals surface area contributed by atoms with E-state index in [4.69, 9.17) is 4.42 Å². The molecule has 1 heteroatoms. The van der Waals surface area contributed by atoms with E-state index >= 15 is 0 Å². The first-order valence-electron chi connectivity index (χ1n) is 7.99. The Hall–Kier alpha value is -1.76. The smallest absolute Gasteiger partial charge is 0.135 e. The standard InChI is InChI=1S/C16H20O.2C2H6/c1-5-9-12-14-13(10-6-2)15(8-4)17-16(14)11-7-3;2*1-2/h6-12H,4-5H2,1-3H3;2*1-2H3/b10-6-,11-7-,12-9-;;. The van der Waals surface area contributed by atoms with Crippen LogP contribution in [0.1, 0.15) is 77.5 Å². The number of allylic oxidation sites excluding steroid dienone is 3. The molecule has 0 saturated heterocycles. The Morgan fingerprint density at radius 1 is 0.857 bits per heavy atom. The summed E-state index contributed by atoms with van der Waals surface area (Å²) in [6.45, 7) is 17.9. The van der Waals surface area contributed by atoms with Crippen LogP contribution in [0.15, 0.2) is 29.2 Å². The molecule has 0 aromatic carbocycles. The maximum Gasteiger partial charge on any atom is 0.135 e. The van der Waals surface area contributed by atoms with Crippen molar-refractivity contribution in [2.24, 2.45) is 0 Å². The molecule has 0 radical (unpaired) electrons. The summed E-state index contributed by atoms with van der Waals surface area (Å²) in [5.41, 5.74) is 2.22. The third-order valence-corrected chi connectivity index (χ3v) is 2.40. The lowest BCUT2D eigenvalue weighted by Crippen LogP contribution is -1.78. The Labute approximate surface area is 131 Å². The Balaban J connectivity index is 0. The van der Waals surface area contributed by atoms with E-state index in [0.717, 1.165) is 29.1 Å². The quantitative estimate of drug-likeness (QED) is 0.548. The van der Waals surface area contributed by atoms with Gasteiger partial charge in [0, 0.05) is 11.1 Å². The molecule has 1 aromatic heterocycles. The van der Waals surface area contributed by atoms with Gasteiger partial charge in [-0.3, -0.25) is 0 Å². The zero-order chi connectivity index (χ0) is 16.7. The van der Waals surface area contributed by atoms with Crippen LogP contribution in [-0.2, 0) is 0 Å². The fourth-order valence-electron chi connectivity index (χ4n) is 1.67. The summed E-state index contributed by atoms with van der Waals surface area (Å²) in [6, 6.07) is 0. The monoisotopic (exact) mass is 288 g/mol. The molecule has 0 amide bonds. The Kier molecular flexibility index (Phi) is 15.0. The molecule has 1 aromatic rings. The molecule has 0 unspecified atom stereocenters. The van der Waals surface area contributed by atoms with Crippen molar-refractivity contribution in [1.82, 2.24) is 0 Å². The van der Waals surface area contributed by atoms with Gasteiger partial charge in [0.1, 0.15) is 11.5 Å². The molecule has 0 aliphatic carbocycles. The average Bonchev–Trinajstić information content (AvgIpc) is 2.87. The molecule has 0 fully saturated rings. The molecule has 118 valence electrons. The predicted octanol–water partition coefficient (Wildman–Crippen LogP) is 7.46. The summed E-state index contributed by atoms with van der Waals surface area (Å²) in [4.78, 5) is 0. The highest BCUT2D eigenvalue weighted by Gasteiger charge is 2.12. The molecular weight excluding hydrogens is 256 g/mol. The maximum atomic E-state index is 5.78. The normalized spacial score (nSPS) is 10.4. The largest absolute Gasteiger partial charge is 0.456 e. The highest BCUT2D eigenvalue weighted by Crippen LogP contribution is 2.28. The SMILES string of the molecule is C=Cc1oc(/C=C\C)c(/C=C\CC)c1/C=C\C.CC.CC. The summed E-state index contributed by atoms with van der Waals surface area (Å²) >= 11 is 0. The first kappa shape index (κ1) is 21.5. The second kappa shape index (κ2) is 14.6. The van der Waals surface area contributed by atoms with Crippen molar-refractivity contribution in [2.45, 2.75) is 54.9 Å². The Morgan fingerprint density at radius 2 is 1.38 bits per heavy atom. The lowest BCUT2D eigenvalue weighted by Gasteiger charge is -1.93. The highest BCUT2D eigenvalue weighted by atomic mass is 16.3. The number of rotatable bonds is 5. The van der Waals surface area contributed by atoms with Crippen LogP contribution < -0.4 is 0 Å². The minimum Gasteiger partial charge on any atom is -0.456 e. The van der Waals surface area contributed by atoms with Gasteiger partial charge in [-0.15, -0.1) is 0 Å². The molecule has 0 aliphatic heterocycles. The molecule has 0 atom stereocenters. The van der Waals surface area contributed by atoms with Crippen LogP contribution in [0.3, 0.4) is 0 Å². The first-order chi connectivity index (χ1) is 10.3. The van der Waals surface area contributed by atoms with E-state index in [1.54, 1.807) is 6.08 Å². The van der Waals surface area contributed by atoms with E-state index in [2.05, 4.69) is 31.7 Å². The zero-order valence-electron chi connectivity index (χ0n) is 14.9. The van der Waals surface area contributed by atoms with Crippen molar-refractivity contribution in [1.29, 1.82) is 0 Å². The van der Waals surface area contributed by atoms with Crippen molar-refractivity contribution in [3.63, 3.8) is 0 Å². The van der Waals surface area contributed by atoms with Gasteiger partial charge in [-0.05, 0) is 32.4 Å². The van der Waals surface area contributed by atoms with Crippen LogP contribution in [0.25, 0.3) is 24.3 Å². The number of hydrogen-bond donors (Lipinski definition) is 0. The Bertz CT molecular complexity index is 456. The molecule has 0 bridgehead atoms. The van der Waals surface area contributed by atoms with E-state index in [9.17, 15) is 0 Å². The molecule has 0 N–H and O–H groups in total. The van der Waals surface area contributed by atoms with E-state index in [1.165, 1.54) is 0 Å². The third kappa shape index (κ3) is 6.99. The van der Waals surface area contributed by atoms with Crippen LogP contribution in [0.2, 0.25) is 0 Å². The van der Waals surface area contributed by atoms with Gasteiger partial charge in [0.05, 0.1) is 0 Å². The lowest BCUT2D eigenvalue weighted by molar-refractivity contribution is 0.546. The maximum absolute atomic E-state index is 5.78. The summed E-state index contributed by atoms with van der Waals surface area (Å²) in [7, 11) is 0. The van der Waals surface area contributed by atoms with Gasteiger partial charge in [0.2, 0.25) is 0 Å². The summed E-state index contributed by atoms with van der Waals surface area (Å²) in [6.07, 6.45) is 15.1. The van der Waals surface area contributed by atoms with E-state index in [0.29, 0.717) is 0 Å². The predicted molar refractivity (Wildman–Crippen MR) is 100 cm³/mol. The second-order valence-corrected chi connectivity index (χ2v) is 3.67. The third-order valence-electron chi connectivity index (χ3n) is 2.40. The second-order valence-electron chi connectivity index (χ2n) is 3.67. The Morgan fingerprint density at radius 3 is 1.81 bits per heavy atom. The molecule has 21 heavy (non-hydrogen) atoms. The topological polar surface area (TPSA) is 13.1 Å². The molecule has 1 rings (SSSR count). The molecule has 0 aliphatic rings. The molecule has 0 saturated carbocycles. The van der Waals surface area contributed by atoms with Crippen LogP contribution in [0.5, 0.6) is 0 Å². The first-order valence-corrected chi connectivity index (χ1v) is 7.99. The summed E-state index contributed by atoms with van der Waals surface area (Å²) in [5, 5.41) is 0. The van der Waals surface area contributed by atoms with Crippen molar-refractivity contribution < 1.29 is 4.42 Å². The number of furan rings is 1. The van der Waals surface area contributed by atoms with Crippen molar-refractivity contribution >= 4 is 24.3 Å². The van der Waals surface area contributed by atoms with Crippen LogP contribution in [0, 0.1) is 0 Å². The minimum absolute atomic E-state index is 0.826. The van der Waals surface area contributed by atoms with Gasteiger partial charge in [-0.1, -0.05) is 71.6 Å². The van der Waals surface area contributed by atoms with Crippen LogP contribution in [-0.4, -0.2) is 0 Å². The summed E-state index contributed by atoms with van der Waals surface area (Å²) < 4.78 is 5.78.